The Bertz CT molecular complexity index is 650. The van der Waals surface area contributed by atoms with Crippen LogP contribution in [0.5, 0.6) is 0 Å². The van der Waals surface area contributed by atoms with E-state index in [1.165, 1.54) is 6.07 Å². The monoisotopic (exact) mass is 287 g/mol. The maximum atomic E-state index is 13.8. The quantitative estimate of drug-likeness (QED) is 0.810. The predicted octanol–water partition coefficient (Wildman–Crippen LogP) is 2.88. The zero-order valence-corrected chi connectivity index (χ0v) is 11.8. The number of hydrogen-bond donors (Lipinski definition) is 0. The van der Waals surface area contributed by atoms with Crippen LogP contribution in [0.2, 0.25) is 0 Å². The summed E-state index contributed by atoms with van der Waals surface area (Å²) >= 11 is 0. The van der Waals surface area contributed by atoms with Crippen molar-refractivity contribution >= 4 is 16.6 Å². The van der Waals surface area contributed by atoms with Crippen LogP contribution in [0, 0.1) is 5.82 Å². The molecule has 1 saturated heterocycles. The number of hydrogen-bond acceptors (Lipinski definition) is 3. The highest BCUT2D eigenvalue weighted by Gasteiger charge is 2.15. The van der Waals surface area contributed by atoms with Gasteiger partial charge in [-0.3, -0.25) is 9.69 Å². The summed E-state index contributed by atoms with van der Waals surface area (Å²) in [5.74, 6) is -0.215. The third-order valence-electron chi connectivity index (χ3n) is 3.93. The fourth-order valence-electron chi connectivity index (χ4n) is 2.72. The number of halogens is 1. The Hall–Kier alpha value is -1.78. The van der Waals surface area contributed by atoms with Crippen LogP contribution in [0.4, 0.5) is 4.39 Å². The van der Waals surface area contributed by atoms with Crippen LogP contribution in [0.1, 0.15) is 16.8 Å². The van der Waals surface area contributed by atoms with E-state index < -0.39 is 0 Å². The van der Waals surface area contributed by atoms with Gasteiger partial charge < -0.3 is 4.74 Å². The number of carbonyl (C=O) groups excluding carboxylic acids is 1. The molecular formula is C17H18FNO2. The molecule has 0 radical (unpaired) electrons. The highest BCUT2D eigenvalue weighted by Crippen LogP contribution is 2.23. The van der Waals surface area contributed by atoms with Crippen molar-refractivity contribution in [3.05, 3.63) is 47.8 Å². The molecule has 0 aliphatic carbocycles. The Morgan fingerprint density at radius 2 is 1.81 bits per heavy atom. The highest BCUT2D eigenvalue weighted by molar-refractivity contribution is 6.08. The summed E-state index contributed by atoms with van der Waals surface area (Å²) in [6, 6.07) is 10.1. The van der Waals surface area contributed by atoms with E-state index in [2.05, 4.69) is 4.90 Å². The standard InChI is InChI=1S/C17H18FNO2/c18-16-6-5-15(13-3-1-2-4-14(13)16)17(20)7-8-19-9-11-21-12-10-19/h1-6H,7-12H2. The van der Waals surface area contributed by atoms with Crippen LogP contribution in [-0.2, 0) is 4.74 Å². The van der Waals surface area contributed by atoms with E-state index in [4.69, 9.17) is 4.74 Å². The average Bonchev–Trinajstić information content (AvgIpc) is 2.54. The van der Waals surface area contributed by atoms with Crippen molar-refractivity contribution in [2.75, 3.05) is 32.8 Å². The minimum Gasteiger partial charge on any atom is -0.379 e. The number of ether oxygens (including phenoxy) is 1. The largest absolute Gasteiger partial charge is 0.379 e. The maximum Gasteiger partial charge on any atom is 0.164 e. The average molecular weight is 287 g/mol. The first-order valence-corrected chi connectivity index (χ1v) is 7.26. The summed E-state index contributed by atoms with van der Waals surface area (Å²) in [5.41, 5.74) is 0.611. The van der Waals surface area contributed by atoms with Crippen LogP contribution in [0.15, 0.2) is 36.4 Å². The van der Waals surface area contributed by atoms with E-state index in [0.717, 1.165) is 32.8 Å². The van der Waals surface area contributed by atoms with Gasteiger partial charge in [0.05, 0.1) is 13.2 Å². The zero-order valence-electron chi connectivity index (χ0n) is 11.8. The topological polar surface area (TPSA) is 29.5 Å². The summed E-state index contributed by atoms with van der Waals surface area (Å²) in [5, 5.41) is 1.21. The van der Waals surface area contributed by atoms with Crippen LogP contribution in [0.25, 0.3) is 10.8 Å². The van der Waals surface area contributed by atoms with E-state index in [9.17, 15) is 9.18 Å². The van der Waals surface area contributed by atoms with Gasteiger partial charge in [-0.2, -0.15) is 0 Å². The number of rotatable bonds is 4. The van der Waals surface area contributed by atoms with Gasteiger partial charge in [0.1, 0.15) is 5.82 Å². The van der Waals surface area contributed by atoms with Crippen molar-refractivity contribution in [3.8, 4) is 0 Å². The molecule has 4 heteroatoms. The molecule has 0 saturated carbocycles. The van der Waals surface area contributed by atoms with Gasteiger partial charge in [0.15, 0.2) is 5.78 Å². The van der Waals surface area contributed by atoms with E-state index in [-0.39, 0.29) is 11.6 Å². The predicted molar refractivity (Wildman–Crippen MR) is 80.1 cm³/mol. The number of fused-ring (bicyclic) bond motifs is 1. The second-order valence-corrected chi connectivity index (χ2v) is 5.27. The van der Waals surface area contributed by atoms with Crippen molar-refractivity contribution in [1.82, 2.24) is 4.90 Å². The Morgan fingerprint density at radius 1 is 1.10 bits per heavy atom. The molecule has 0 unspecified atom stereocenters. The van der Waals surface area contributed by atoms with Crippen molar-refractivity contribution in [1.29, 1.82) is 0 Å². The normalized spacial score (nSPS) is 16.2. The SMILES string of the molecule is O=C(CCN1CCOCC1)c1ccc(F)c2ccccc12. The van der Waals surface area contributed by atoms with Gasteiger partial charge in [-0.1, -0.05) is 24.3 Å². The summed E-state index contributed by atoms with van der Waals surface area (Å²) in [4.78, 5) is 14.7. The molecule has 0 spiro atoms. The molecule has 0 N–H and O–H groups in total. The number of morpholine rings is 1. The summed E-state index contributed by atoms with van der Waals surface area (Å²) in [7, 11) is 0. The molecule has 1 aliphatic rings. The van der Waals surface area contributed by atoms with Gasteiger partial charge in [0, 0.05) is 37.0 Å². The number of ketones is 1. The number of benzene rings is 2. The molecule has 21 heavy (non-hydrogen) atoms. The van der Waals surface area contributed by atoms with Crippen LogP contribution < -0.4 is 0 Å². The fraction of sp³-hybridized carbons (Fsp3) is 0.353. The Morgan fingerprint density at radius 3 is 2.57 bits per heavy atom. The summed E-state index contributed by atoms with van der Waals surface area (Å²) < 4.78 is 19.1. The highest BCUT2D eigenvalue weighted by atomic mass is 19.1. The first kappa shape index (κ1) is 14.2. The molecule has 0 aromatic heterocycles. The smallest absolute Gasteiger partial charge is 0.164 e. The molecule has 2 aromatic rings. The lowest BCUT2D eigenvalue weighted by Crippen LogP contribution is -2.37. The van der Waals surface area contributed by atoms with Crippen LogP contribution in [0.3, 0.4) is 0 Å². The molecule has 3 nitrogen and oxygen atoms in total. The first-order chi connectivity index (χ1) is 10.3. The third kappa shape index (κ3) is 3.12. The van der Waals surface area contributed by atoms with E-state index in [1.807, 2.05) is 6.07 Å². The van der Waals surface area contributed by atoms with Gasteiger partial charge in [0.25, 0.3) is 0 Å². The van der Waals surface area contributed by atoms with Crippen molar-refractivity contribution in [2.24, 2.45) is 0 Å². The van der Waals surface area contributed by atoms with Gasteiger partial charge >= 0.3 is 0 Å². The van der Waals surface area contributed by atoms with Crippen molar-refractivity contribution < 1.29 is 13.9 Å². The molecule has 110 valence electrons. The molecule has 1 fully saturated rings. The molecule has 0 bridgehead atoms. The zero-order chi connectivity index (χ0) is 14.7. The Balaban J connectivity index is 1.77. The molecule has 3 rings (SSSR count). The van der Waals surface area contributed by atoms with Crippen molar-refractivity contribution in [2.45, 2.75) is 6.42 Å². The van der Waals surface area contributed by atoms with E-state index >= 15 is 0 Å². The summed E-state index contributed by atoms with van der Waals surface area (Å²) in [6.45, 7) is 3.93. The Labute approximate surface area is 123 Å². The van der Waals surface area contributed by atoms with Gasteiger partial charge in [-0.15, -0.1) is 0 Å². The maximum absolute atomic E-state index is 13.8. The Kier molecular flexibility index (Phi) is 4.27. The minimum atomic E-state index is -0.282. The third-order valence-corrected chi connectivity index (χ3v) is 3.93. The lowest BCUT2D eigenvalue weighted by molar-refractivity contribution is 0.0370. The lowest BCUT2D eigenvalue weighted by atomic mass is 9.99. The van der Waals surface area contributed by atoms with Crippen LogP contribution >= 0.6 is 0 Å². The fourth-order valence-corrected chi connectivity index (χ4v) is 2.72. The van der Waals surface area contributed by atoms with E-state index in [0.29, 0.717) is 22.8 Å². The molecule has 0 atom stereocenters. The van der Waals surface area contributed by atoms with Gasteiger partial charge in [-0.05, 0) is 17.5 Å². The molecule has 1 aliphatic heterocycles. The van der Waals surface area contributed by atoms with Gasteiger partial charge in [-0.25, -0.2) is 4.39 Å². The van der Waals surface area contributed by atoms with Gasteiger partial charge in [0.2, 0.25) is 0 Å². The minimum absolute atomic E-state index is 0.0673. The molecule has 0 amide bonds. The van der Waals surface area contributed by atoms with E-state index in [1.54, 1.807) is 24.3 Å². The second kappa shape index (κ2) is 6.33. The number of nitrogens with zero attached hydrogens (tertiary/aromatic N) is 1. The van der Waals surface area contributed by atoms with Crippen molar-refractivity contribution in [3.63, 3.8) is 0 Å². The van der Waals surface area contributed by atoms with Crippen LogP contribution in [-0.4, -0.2) is 43.5 Å². The number of Topliss-reactive ketones (excluding diaryl/α,β-unsaturated/α-hetero) is 1. The lowest BCUT2D eigenvalue weighted by Gasteiger charge is -2.26. The first-order valence-electron chi connectivity index (χ1n) is 7.26. The summed E-state index contributed by atoms with van der Waals surface area (Å²) in [6.07, 6.45) is 0.454. The number of carbonyl (C=O) groups is 1. The molecule has 2 aromatic carbocycles. The molecular weight excluding hydrogens is 269 g/mol. The second-order valence-electron chi connectivity index (χ2n) is 5.27. The molecule has 1 heterocycles.